The molecule has 14 heavy (non-hydrogen) atoms. The summed E-state index contributed by atoms with van der Waals surface area (Å²) in [6, 6.07) is 5.43. The van der Waals surface area contributed by atoms with Gasteiger partial charge < -0.3 is 5.11 Å². The molecule has 0 saturated heterocycles. The Bertz CT molecular complexity index is 421. The Kier molecular flexibility index (Phi) is 3.15. The predicted octanol–water partition coefficient (Wildman–Crippen LogP) is 1.78. The third-order valence-corrected chi connectivity index (χ3v) is 2.43. The number of aryl methyl sites for hydroxylation is 1. The van der Waals surface area contributed by atoms with Gasteiger partial charge in [-0.15, -0.1) is 12.6 Å². The molecule has 0 bridgehead atoms. The Balaban J connectivity index is 3.23. The van der Waals surface area contributed by atoms with E-state index in [2.05, 4.69) is 12.6 Å². The van der Waals surface area contributed by atoms with Crippen molar-refractivity contribution in [3.63, 3.8) is 0 Å². The highest BCUT2D eigenvalue weighted by Gasteiger charge is 2.10. The first-order valence-electron chi connectivity index (χ1n) is 3.99. The predicted molar refractivity (Wildman–Crippen MR) is 54.5 cm³/mol. The second-order valence-electron chi connectivity index (χ2n) is 2.95. The van der Waals surface area contributed by atoms with Crippen molar-refractivity contribution < 1.29 is 9.90 Å². The standard InChI is InChI=1S/C10H9NO2S/c1-6-2-3-7(4-9(12)13)10(14)8(6)5-11/h2-3,14H,4H2,1H3,(H,12,13). The molecule has 0 amide bonds. The lowest BCUT2D eigenvalue weighted by Gasteiger charge is -2.06. The highest BCUT2D eigenvalue weighted by molar-refractivity contribution is 7.80. The van der Waals surface area contributed by atoms with E-state index < -0.39 is 5.97 Å². The molecule has 0 saturated carbocycles. The quantitative estimate of drug-likeness (QED) is 0.727. The van der Waals surface area contributed by atoms with E-state index in [0.717, 1.165) is 5.56 Å². The SMILES string of the molecule is Cc1ccc(CC(=O)O)c(S)c1C#N. The molecular formula is C10H9NO2S. The molecule has 1 rings (SSSR count). The number of aliphatic carboxylic acids is 1. The normalized spacial score (nSPS) is 9.50. The molecule has 0 aliphatic heterocycles. The van der Waals surface area contributed by atoms with E-state index in [1.807, 2.05) is 6.07 Å². The molecule has 0 atom stereocenters. The van der Waals surface area contributed by atoms with Crippen molar-refractivity contribution in [1.82, 2.24) is 0 Å². The third-order valence-electron chi connectivity index (χ3n) is 1.92. The summed E-state index contributed by atoms with van der Waals surface area (Å²) in [6.07, 6.45) is -0.103. The van der Waals surface area contributed by atoms with Crippen molar-refractivity contribution in [3.05, 3.63) is 28.8 Å². The minimum atomic E-state index is -0.923. The summed E-state index contributed by atoms with van der Waals surface area (Å²) in [6.45, 7) is 1.79. The molecule has 0 spiro atoms. The minimum Gasteiger partial charge on any atom is -0.481 e. The summed E-state index contributed by atoms with van der Waals surface area (Å²) in [5, 5.41) is 17.4. The number of carboxylic acid groups (broad SMARTS) is 1. The van der Waals surface area contributed by atoms with E-state index in [1.165, 1.54) is 0 Å². The highest BCUT2D eigenvalue weighted by Crippen LogP contribution is 2.22. The lowest BCUT2D eigenvalue weighted by Crippen LogP contribution is -2.02. The second-order valence-corrected chi connectivity index (χ2v) is 3.39. The molecule has 0 unspecified atom stereocenters. The van der Waals surface area contributed by atoms with Gasteiger partial charge in [-0.2, -0.15) is 5.26 Å². The van der Waals surface area contributed by atoms with Crippen LogP contribution in [0.25, 0.3) is 0 Å². The number of nitrogens with zero attached hydrogens (tertiary/aromatic N) is 1. The molecule has 0 aliphatic rings. The summed E-state index contributed by atoms with van der Waals surface area (Å²) in [5.41, 5.74) is 1.83. The fourth-order valence-electron chi connectivity index (χ4n) is 1.18. The van der Waals surface area contributed by atoms with Crippen LogP contribution in [0, 0.1) is 18.3 Å². The van der Waals surface area contributed by atoms with E-state index in [4.69, 9.17) is 10.4 Å². The summed E-state index contributed by atoms with van der Waals surface area (Å²) in [7, 11) is 0. The Morgan fingerprint density at radius 2 is 2.29 bits per heavy atom. The van der Waals surface area contributed by atoms with Gasteiger partial charge in [-0.3, -0.25) is 4.79 Å². The molecule has 0 aliphatic carbocycles. The van der Waals surface area contributed by atoms with Crippen LogP contribution in [-0.2, 0) is 11.2 Å². The maximum atomic E-state index is 10.5. The van der Waals surface area contributed by atoms with Crippen LogP contribution in [-0.4, -0.2) is 11.1 Å². The van der Waals surface area contributed by atoms with Crippen molar-refractivity contribution in [2.75, 3.05) is 0 Å². The number of thiol groups is 1. The molecule has 1 aromatic carbocycles. The Hall–Kier alpha value is -1.47. The van der Waals surface area contributed by atoms with Gasteiger partial charge in [0.1, 0.15) is 6.07 Å². The number of nitriles is 1. The fraction of sp³-hybridized carbons (Fsp3) is 0.200. The van der Waals surface area contributed by atoms with Gasteiger partial charge in [-0.05, 0) is 18.1 Å². The van der Waals surface area contributed by atoms with Crippen LogP contribution in [0.2, 0.25) is 0 Å². The maximum absolute atomic E-state index is 10.5. The number of benzene rings is 1. The third kappa shape index (κ3) is 2.06. The average Bonchev–Trinajstić information content (AvgIpc) is 2.10. The first kappa shape index (κ1) is 10.6. The summed E-state index contributed by atoms with van der Waals surface area (Å²) in [5.74, 6) is -0.923. The Morgan fingerprint density at radius 3 is 2.79 bits per heavy atom. The molecule has 0 heterocycles. The van der Waals surface area contributed by atoms with Gasteiger partial charge in [-0.1, -0.05) is 12.1 Å². The average molecular weight is 207 g/mol. The number of hydrogen-bond donors (Lipinski definition) is 2. The van der Waals surface area contributed by atoms with Crippen LogP contribution in [0.3, 0.4) is 0 Å². The Morgan fingerprint density at radius 1 is 1.64 bits per heavy atom. The van der Waals surface area contributed by atoms with Crippen LogP contribution < -0.4 is 0 Å². The zero-order valence-corrected chi connectivity index (χ0v) is 8.51. The first-order chi connectivity index (χ1) is 6.56. The summed E-state index contributed by atoms with van der Waals surface area (Å²) < 4.78 is 0. The maximum Gasteiger partial charge on any atom is 0.307 e. The zero-order valence-electron chi connectivity index (χ0n) is 7.61. The van der Waals surface area contributed by atoms with E-state index in [-0.39, 0.29) is 6.42 Å². The van der Waals surface area contributed by atoms with Crippen LogP contribution in [0.4, 0.5) is 0 Å². The summed E-state index contributed by atoms with van der Waals surface area (Å²) in [4.78, 5) is 11.0. The van der Waals surface area contributed by atoms with Gasteiger partial charge in [0.2, 0.25) is 0 Å². The number of hydrogen-bond acceptors (Lipinski definition) is 3. The van der Waals surface area contributed by atoms with E-state index in [9.17, 15) is 4.79 Å². The largest absolute Gasteiger partial charge is 0.481 e. The molecule has 0 fully saturated rings. The van der Waals surface area contributed by atoms with Crippen LogP contribution in [0.15, 0.2) is 17.0 Å². The van der Waals surface area contributed by atoms with Gasteiger partial charge in [0.25, 0.3) is 0 Å². The number of rotatable bonds is 2. The van der Waals surface area contributed by atoms with Crippen molar-refractivity contribution >= 4 is 18.6 Å². The molecule has 4 heteroatoms. The molecular weight excluding hydrogens is 198 g/mol. The van der Waals surface area contributed by atoms with Gasteiger partial charge in [0.15, 0.2) is 0 Å². The lowest BCUT2D eigenvalue weighted by molar-refractivity contribution is -0.136. The topological polar surface area (TPSA) is 61.1 Å². The Labute approximate surface area is 87.4 Å². The molecule has 0 aromatic heterocycles. The van der Waals surface area contributed by atoms with Crippen LogP contribution in [0.5, 0.6) is 0 Å². The first-order valence-corrected chi connectivity index (χ1v) is 4.44. The van der Waals surface area contributed by atoms with Crippen LogP contribution in [0.1, 0.15) is 16.7 Å². The van der Waals surface area contributed by atoms with E-state index in [0.29, 0.717) is 16.0 Å². The lowest BCUT2D eigenvalue weighted by atomic mass is 10.0. The van der Waals surface area contributed by atoms with Crippen molar-refractivity contribution in [1.29, 1.82) is 5.26 Å². The zero-order chi connectivity index (χ0) is 10.7. The fourth-order valence-corrected chi connectivity index (χ4v) is 1.56. The molecule has 1 aromatic rings. The number of carbonyl (C=O) groups is 1. The van der Waals surface area contributed by atoms with Gasteiger partial charge in [0.05, 0.1) is 12.0 Å². The van der Waals surface area contributed by atoms with Crippen molar-refractivity contribution in [2.45, 2.75) is 18.2 Å². The molecule has 3 nitrogen and oxygen atoms in total. The van der Waals surface area contributed by atoms with Crippen molar-refractivity contribution in [2.24, 2.45) is 0 Å². The minimum absolute atomic E-state index is 0.103. The smallest absolute Gasteiger partial charge is 0.307 e. The van der Waals surface area contributed by atoms with Gasteiger partial charge in [-0.25, -0.2) is 0 Å². The van der Waals surface area contributed by atoms with Gasteiger partial charge >= 0.3 is 5.97 Å². The monoisotopic (exact) mass is 207 g/mol. The van der Waals surface area contributed by atoms with Crippen LogP contribution >= 0.6 is 12.6 Å². The molecule has 0 radical (unpaired) electrons. The number of carboxylic acids is 1. The summed E-state index contributed by atoms with van der Waals surface area (Å²) >= 11 is 4.15. The highest BCUT2D eigenvalue weighted by atomic mass is 32.1. The molecule has 1 N–H and O–H groups in total. The second kappa shape index (κ2) is 4.16. The van der Waals surface area contributed by atoms with E-state index in [1.54, 1.807) is 19.1 Å². The molecule has 72 valence electrons. The van der Waals surface area contributed by atoms with Crippen molar-refractivity contribution in [3.8, 4) is 6.07 Å². The van der Waals surface area contributed by atoms with Gasteiger partial charge in [0, 0.05) is 4.90 Å². The van der Waals surface area contributed by atoms with E-state index >= 15 is 0 Å².